The number of aryl methyl sites for hydroxylation is 1. The van der Waals surface area contributed by atoms with Crippen molar-refractivity contribution in [1.29, 1.82) is 0 Å². The van der Waals surface area contributed by atoms with E-state index in [1.807, 2.05) is 0 Å². The third kappa shape index (κ3) is 4.61. The van der Waals surface area contributed by atoms with E-state index in [2.05, 4.69) is 0 Å². The van der Waals surface area contributed by atoms with Gasteiger partial charge in [0.15, 0.2) is 0 Å². The van der Waals surface area contributed by atoms with Gasteiger partial charge in [0.25, 0.3) is 0 Å². The molecule has 0 saturated heterocycles. The number of carbonyl (C=O) groups is 2. The van der Waals surface area contributed by atoms with Crippen LogP contribution < -0.4 is 5.32 Å². The number of benzene rings is 1. The number of aliphatic carboxylic acids is 1. The van der Waals surface area contributed by atoms with E-state index in [9.17, 15) is 22.8 Å². The van der Waals surface area contributed by atoms with Crippen LogP contribution in [-0.2, 0) is 9.59 Å². The maximum atomic E-state index is 12.2. The van der Waals surface area contributed by atoms with Crippen LogP contribution in [0.2, 0.25) is 0 Å². The Kier molecular flexibility index (Phi) is 4.52. The van der Waals surface area contributed by atoms with E-state index in [1.165, 1.54) is 12.1 Å². The summed E-state index contributed by atoms with van der Waals surface area (Å²) in [6.45, 7) is 1.78. The normalized spacial score (nSPS) is 12.8. The van der Waals surface area contributed by atoms with Gasteiger partial charge in [0, 0.05) is 0 Å². The SMILES string of the molecule is Cc1ccc([C@H](CC(=O)O)NC(=O)C(F)(F)F)cc1. The molecule has 0 aliphatic rings. The fourth-order valence-electron chi connectivity index (χ4n) is 1.47. The summed E-state index contributed by atoms with van der Waals surface area (Å²) in [7, 11) is 0. The first-order valence-electron chi connectivity index (χ1n) is 5.36. The van der Waals surface area contributed by atoms with Crippen molar-refractivity contribution in [3.63, 3.8) is 0 Å². The fourth-order valence-corrected chi connectivity index (χ4v) is 1.47. The highest BCUT2D eigenvalue weighted by Gasteiger charge is 2.40. The lowest BCUT2D eigenvalue weighted by Crippen LogP contribution is -2.39. The van der Waals surface area contributed by atoms with Crippen LogP contribution in [-0.4, -0.2) is 23.2 Å². The van der Waals surface area contributed by atoms with E-state index in [0.717, 1.165) is 5.56 Å². The summed E-state index contributed by atoms with van der Waals surface area (Å²) in [6, 6.07) is 5.01. The van der Waals surface area contributed by atoms with Crippen molar-refractivity contribution in [2.75, 3.05) is 0 Å². The summed E-state index contributed by atoms with van der Waals surface area (Å²) < 4.78 is 36.5. The molecule has 7 heteroatoms. The molecule has 0 bridgehead atoms. The van der Waals surface area contributed by atoms with Gasteiger partial charge in [0.05, 0.1) is 12.5 Å². The van der Waals surface area contributed by atoms with Gasteiger partial charge in [0.1, 0.15) is 0 Å². The van der Waals surface area contributed by atoms with Crippen molar-refractivity contribution in [3.8, 4) is 0 Å². The molecule has 0 aliphatic carbocycles. The smallest absolute Gasteiger partial charge is 0.471 e. The van der Waals surface area contributed by atoms with Gasteiger partial charge in [-0.3, -0.25) is 9.59 Å². The molecule has 0 fully saturated rings. The van der Waals surface area contributed by atoms with Crippen LogP contribution in [0.4, 0.5) is 13.2 Å². The Balaban J connectivity index is 2.92. The fraction of sp³-hybridized carbons (Fsp3) is 0.333. The van der Waals surface area contributed by atoms with Crippen molar-refractivity contribution >= 4 is 11.9 Å². The summed E-state index contributed by atoms with van der Waals surface area (Å²) in [6.07, 6.45) is -5.66. The zero-order valence-electron chi connectivity index (χ0n) is 9.99. The van der Waals surface area contributed by atoms with E-state index < -0.39 is 30.5 Å². The van der Waals surface area contributed by atoms with Gasteiger partial charge in [-0.2, -0.15) is 13.2 Å². The minimum Gasteiger partial charge on any atom is -0.481 e. The standard InChI is InChI=1S/C12H12F3NO3/c1-7-2-4-8(5-3-7)9(6-10(17)18)16-11(19)12(13,14)15/h2-5,9H,6H2,1H3,(H,16,19)(H,17,18)/t9-/m0/s1. The molecular weight excluding hydrogens is 263 g/mol. The Bertz CT molecular complexity index is 468. The summed E-state index contributed by atoms with van der Waals surface area (Å²) in [5, 5.41) is 10.4. The first-order chi connectivity index (χ1) is 8.70. The van der Waals surface area contributed by atoms with Crippen molar-refractivity contribution in [2.45, 2.75) is 25.6 Å². The highest BCUT2D eigenvalue weighted by molar-refractivity contribution is 5.82. The summed E-state index contributed by atoms with van der Waals surface area (Å²) in [4.78, 5) is 21.5. The van der Waals surface area contributed by atoms with E-state index >= 15 is 0 Å². The number of hydrogen-bond acceptors (Lipinski definition) is 2. The zero-order chi connectivity index (χ0) is 14.6. The minimum atomic E-state index is -5.04. The Hall–Kier alpha value is -2.05. The molecule has 0 radical (unpaired) electrons. The van der Waals surface area contributed by atoms with Crippen LogP contribution in [0.3, 0.4) is 0 Å². The number of carboxylic acid groups (broad SMARTS) is 1. The molecule has 0 saturated carbocycles. The van der Waals surface area contributed by atoms with Crippen molar-refractivity contribution in [1.82, 2.24) is 5.32 Å². The first kappa shape index (κ1) is 15.0. The third-order valence-corrected chi connectivity index (χ3v) is 2.42. The predicted octanol–water partition coefficient (Wildman–Crippen LogP) is 2.19. The van der Waals surface area contributed by atoms with E-state index in [4.69, 9.17) is 5.11 Å². The molecule has 0 aromatic heterocycles. The lowest BCUT2D eigenvalue weighted by Gasteiger charge is -2.18. The second-order valence-electron chi connectivity index (χ2n) is 4.03. The van der Waals surface area contributed by atoms with E-state index in [-0.39, 0.29) is 0 Å². The van der Waals surface area contributed by atoms with Crippen LogP contribution in [0.25, 0.3) is 0 Å². The monoisotopic (exact) mass is 275 g/mol. The Labute approximate surface area is 107 Å². The zero-order valence-corrected chi connectivity index (χ0v) is 9.99. The molecule has 1 aromatic rings. The number of carboxylic acids is 1. The number of hydrogen-bond donors (Lipinski definition) is 2. The molecule has 1 rings (SSSR count). The van der Waals surface area contributed by atoms with Gasteiger partial charge in [-0.25, -0.2) is 0 Å². The molecule has 2 N–H and O–H groups in total. The van der Waals surface area contributed by atoms with Crippen LogP contribution >= 0.6 is 0 Å². The maximum Gasteiger partial charge on any atom is 0.471 e. The summed E-state index contributed by atoms with van der Waals surface area (Å²) in [5.41, 5.74) is 1.19. The topological polar surface area (TPSA) is 66.4 Å². The molecule has 1 amide bonds. The van der Waals surface area contributed by atoms with Gasteiger partial charge in [-0.05, 0) is 12.5 Å². The summed E-state index contributed by atoms with van der Waals surface area (Å²) in [5.74, 6) is -3.45. The molecule has 0 heterocycles. The van der Waals surface area contributed by atoms with Crippen LogP contribution in [0.1, 0.15) is 23.6 Å². The van der Waals surface area contributed by atoms with Crippen molar-refractivity contribution in [2.24, 2.45) is 0 Å². The molecule has 19 heavy (non-hydrogen) atoms. The number of amides is 1. The average Bonchev–Trinajstić information content (AvgIpc) is 2.27. The lowest BCUT2D eigenvalue weighted by atomic mass is 10.0. The highest BCUT2D eigenvalue weighted by Crippen LogP contribution is 2.21. The molecule has 0 unspecified atom stereocenters. The van der Waals surface area contributed by atoms with E-state index in [0.29, 0.717) is 5.56 Å². The molecule has 104 valence electrons. The van der Waals surface area contributed by atoms with Gasteiger partial charge >= 0.3 is 18.1 Å². The van der Waals surface area contributed by atoms with Crippen molar-refractivity contribution < 1.29 is 27.9 Å². The number of nitrogens with one attached hydrogen (secondary N) is 1. The average molecular weight is 275 g/mol. The molecule has 0 aliphatic heterocycles. The minimum absolute atomic E-state index is 0.311. The second-order valence-corrected chi connectivity index (χ2v) is 4.03. The van der Waals surface area contributed by atoms with Gasteiger partial charge in [0.2, 0.25) is 0 Å². The van der Waals surface area contributed by atoms with Gasteiger partial charge in [-0.1, -0.05) is 29.8 Å². The quantitative estimate of drug-likeness (QED) is 0.885. The lowest BCUT2D eigenvalue weighted by molar-refractivity contribution is -0.174. The number of carbonyl (C=O) groups excluding carboxylic acids is 1. The molecule has 4 nitrogen and oxygen atoms in total. The van der Waals surface area contributed by atoms with Crippen molar-refractivity contribution in [3.05, 3.63) is 35.4 Å². The molecule has 1 atom stereocenters. The largest absolute Gasteiger partial charge is 0.481 e. The Morgan fingerprint density at radius 3 is 2.21 bits per heavy atom. The maximum absolute atomic E-state index is 12.2. The van der Waals surface area contributed by atoms with Gasteiger partial charge in [-0.15, -0.1) is 0 Å². The number of halogens is 3. The predicted molar refractivity (Wildman–Crippen MR) is 60.4 cm³/mol. The highest BCUT2D eigenvalue weighted by atomic mass is 19.4. The molecule has 1 aromatic carbocycles. The third-order valence-electron chi connectivity index (χ3n) is 2.42. The number of alkyl halides is 3. The second kappa shape index (κ2) is 5.73. The Morgan fingerprint density at radius 2 is 1.79 bits per heavy atom. The summed E-state index contributed by atoms with van der Waals surface area (Å²) >= 11 is 0. The van der Waals surface area contributed by atoms with Gasteiger partial charge < -0.3 is 10.4 Å². The Morgan fingerprint density at radius 1 is 1.26 bits per heavy atom. The molecular formula is C12H12F3NO3. The first-order valence-corrected chi connectivity index (χ1v) is 5.36. The van der Waals surface area contributed by atoms with Crippen LogP contribution in [0.15, 0.2) is 24.3 Å². The van der Waals surface area contributed by atoms with Crippen LogP contribution in [0.5, 0.6) is 0 Å². The van der Waals surface area contributed by atoms with E-state index in [1.54, 1.807) is 24.4 Å². The van der Waals surface area contributed by atoms with Crippen LogP contribution in [0, 0.1) is 6.92 Å². The number of rotatable bonds is 4. The molecule has 0 spiro atoms.